The fourth-order valence-corrected chi connectivity index (χ4v) is 4.06. The molecule has 2 aliphatic rings. The quantitative estimate of drug-likeness (QED) is 0.849. The number of piperidine rings is 1. The van der Waals surface area contributed by atoms with E-state index in [9.17, 15) is 9.59 Å². The second kappa shape index (κ2) is 8.67. The third-order valence-electron chi connectivity index (χ3n) is 5.68. The van der Waals surface area contributed by atoms with Crippen LogP contribution in [0.4, 0.5) is 0 Å². The Morgan fingerprint density at radius 1 is 1.31 bits per heavy atom. The molecule has 3 atom stereocenters. The van der Waals surface area contributed by atoms with E-state index in [4.69, 9.17) is 0 Å². The molecule has 26 heavy (non-hydrogen) atoms. The van der Waals surface area contributed by atoms with Crippen molar-refractivity contribution in [2.24, 2.45) is 5.92 Å². The molecular formula is C21H31N3O2. The molecule has 0 spiro atoms. The zero-order chi connectivity index (χ0) is 18.5. The summed E-state index contributed by atoms with van der Waals surface area (Å²) in [4.78, 5) is 27.1. The van der Waals surface area contributed by atoms with Gasteiger partial charge in [0.2, 0.25) is 11.8 Å². The van der Waals surface area contributed by atoms with Crippen LogP contribution in [0.1, 0.15) is 49.7 Å². The van der Waals surface area contributed by atoms with Crippen molar-refractivity contribution >= 4 is 11.8 Å². The van der Waals surface area contributed by atoms with Gasteiger partial charge in [0.25, 0.3) is 0 Å². The Labute approximate surface area is 156 Å². The zero-order valence-corrected chi connectivity index (χ0v) is 16.0. The number of aryl methyl sites for hydroxylation is 1. The van der Waals surface area contributed by atoms with Crippen LogP contribution < -0.4 is 10.6 Å². The summed E-state index contributed by atoms with van der Waals surface area (Å²) in [6.45, 7) is 7.21. The Morgan fingerprint density at radius 2 is 2.15 bits per heavy atom. The molecule has 0 bridgehead atoms. The van der Waals surface area contributed by atoms with Crippen LogP contribution in [-0.4, -0.2) is 48.9 Å². The number of carbonyl (C=O) groups is 2. The number of benzene rings is 1. The van der Waals surface area contributed by atoms with Gasteiger partial charge in [-0.15, -0.1) is 0 Å². The highest BCUT2D eigenvalue weighted by Gasteiger charge is 2.28. The summed E-state index contributed by atoms with van der Waals surface area (Å²) in [7, 11) is 0. The van der Waals surface area contributed by atoms with Gasteiger partial charge in [0.05, 0.1) is 12.0 Å². The van der Waals surface area contributed by atoms with Crippen molar-refractivity contribution < 1.29 is 9.59 Å². The van der Waals surface area contributed by atoms with Gasteiger partial charge in [-0.3, -0.25) is 9.59 Å². The molecule has 1 aromatic carbocycles. The number of carbonyl (C=O) groups excluding carboxylic acids is 2. The Morgan fingerprint density at radius 3 is 2.88 bits per heavy atom. The minimum absolute atomic E-state index is 0.0299. The topological polar surface area (TPSA) is 61.4 Å². The third-order valence-corrected chi connectivity index (χ3v) is 5.68. The molecule has 2 amide bonds. The van der Waals surface area contributed by atoms with E-state index < -0.39 is 0 Å². The monoisotopic (exact) mass is 357 g/mol. The van der Waals surface area contributed by atoms with Gasteiger partial charge in [-0.05, 0) is 57.6 Å². The van der Waals surface area contributed by atoms with Crippen molar-refractivity contribution in [2.75, 3.05) is 26.2 Å². The van der Waals surface area contributed by atoms with Crippen molar-refractivity contribution in [1.29, 1.82) is 0 Å². The van der Waals surface area contributed by atoms with E-state index in [1.54, 1.807) is 0 Å². The predicted molar refractivity (Wildman–Crippen MR) is 103 cm³/mol. The Balaban J connectivity index is 1.52. The summed E-state index contributed by atoms with van der Waals surface area (Å²) in [5.41, 5.74) is 2.26. The van der Waals surface area contributed by atoms with Crippen LogP contribution in [-0.2, 0) is 9.59 Å². The van der Waals surface area contributed by atoms with Crippen LogP contribution in [0.15, 0.2) is 24.3 Å². The number of likely N-dealkylation sites (tertiary alicyclic amines) is 1. The lowest BCUT2D eigenvalue weighted by Crippen LogP contribution is -2.47. The zero-order valence-electron chi connectivity index (χ0n) is 16.0. The average Bonchev–Trinajstić information content (AvgIpc) is 3.20. The van der Waals surface area contributed by atoms with Crippen molar-refractivity contribution in [2.45, 2.75) is 51.5 Å². The molecule has 5 nitrogen and oxygen atoms in total. The molecule has 2 fully saturated rings. The van der Waals surface area contributed by atoms with Gasteiger partial charge in [0.15, 0.2) is 0 Å². The highest BCUT2D eigenvalue weighted by Crippen LogP contribution is 2.23. The van der Waals surface area contributed by atoms with Crippen LogP contribution in [0.25, 0.3) is 0 Å². The van der Waals surface area contributed by atoms with Crippen molar-refractivity contribution in [3.8, 4) is 0 Å². The first-order chi connectivity index (χ1) is 12.5. The van der Waals surface area contributed by atoms with Crippen LogP contribution in [0.5, 0.6) is 0 Å². The summed E-state index contributed by atoms with van der Waals surface area (Å²) < 4.78 is 0. The van der Waals surface area contributed by atoms with E-state index >= 15 is 0 Å². The molecule has 5 heteroatoms. The van der Waals surface area contributed by atoms with Crippen LogP contribution in [0, 0.1) is 12.8 Å². The number of amides is 2. The van der Waals surface area contributed by atoms with Gasteiger partial charge in [-0.25, -0.2) is 0 Å². The summed E-state index contributed by atoms with van der Waals surface area (Å²) in [6, 6.07) is 8.17. The van der Waals surface area contributed by atoms with Crippen LogP contribution in [0.2, 0.25) is 0 Å². The first kappa shape index (κ1) is 18.9. The molecule has 3 rings (SSSR count). The first-order valence-corrected chi connectivity index (χ1v) is 9.91. The molecule has 2 saturated heterocycles. The normalized spacial score (nSPS) is 24.3. The van der Waals surface area contributed by atoms with Crippen molar-refractivity contribution in [3.63, 3.8) is 0 Å². The highest BCUT2D eigenvalue weighted by atomic mass is 16.2. The molecule has 2 aliphatic heterocycles. The van der Waals surface area contributed by atoms with E-state index in [2.05, 4.69) is 29.7 Å². The van der Waals surface area contributed by atoms with Crippen molar-refractivity contribution in [3.05, 3.63) is 35.4 Å². The maximum Gasteiger partial charge on any atom is 0.237 e. The maximum absolute atomic E-state index is 12.9. The largest absolute Gasteiger partial charge is 0.354 e. The molecule has 1 aromatic rings. The highest BCUT2D eigenvalue weighted by molar-refractivity contribution is 5.83. The molecule has 0 aromatic heterocycles. The maximum atomic E-state index is 12.9. The summed E-state index contributed by atoms with van der Waals surface area (Å²) in [5, 5.41) is 6.31. The van der Waals surface area contributed by atoms with Gasteiger partial charge in [0, 0.05) is 19.6 Å². The summed E-state index contributed by atoms with van der Waals surface area (Å²) >= 11 is 0. The van der Waals surface area contributed by atoms with Crippen molar-refractivity contribution in [1.82, 2.24) is 15.5 Å². The SMILES string of the molecule is Cc1cccc(C(C)C(=O)N2CCCC(CNC(=O)C3CCCN3)C2)c1. The number of hydrogen-bond donors (Lipinski definition) is 2. The van der Waals surface area contributed by atoms with Crippen LogP contribution in [0.3, 0.4) is 0 Å². The lowest BCUT2D eigenvalue weighted by Gasteiger charge is -2.34. The van der Waals surface area contributed by atoms with E-state index in [0.717, 1.165) is 50.9 Å². The molecule has 2 N–H and O–H groups in total. The number of nitrogens with zero attached hydrogens (tertiary/aromatic N) is 1. The second-order valence-electron chi connectivity index (χ2n) is 7.82. The van der Waals surface area contributed by atoms with Gasteiger partial charge < -0.3 is 15.5 Å². The van der Waals surface area contributed by atoms with E-state index in [0.29, 0.717) is 12.5 Å². The number of nitrogens with one attached hydrogen (secondary N) is 2. The van der Waals surface area contributed by atoms with E-state index in [1.165, 1.54) is 5.56 Å². The Kier molecular flexibility index (Phi) is 6.30. The third kappa shape index (κ3) is 4.64. The Hall–Kier alpha value is -1.88. The summed E-state index contributed by atoms with van der Waals surface area (Å²) in [6.07, 6.45) is 4.07. The van der Waals surface area contributed by atoms with Gasteiger partial charge >= 0.3 is 0 Å². The van der Waals surface area contributed by atoms with E-state index in [-0.39, 0.29) is 23.8 Å². The minimum atomic E-state index is -0.120. The molecular weight excluding hydrogens is 326 g/mol. The molecule has 2 heterocycles. The fourth-order valence-electron chi connectivity index (χ4n) is 4.06. The molecule has 142 valence electrons. The second-order valence-corrected chi connectivity index (χ2v) is 7.82. The fraction of sp³-hybridized carbons (Fsp3) is 0.619. The molecule has 3 unspecified atom stereocenters. The van der Waals surface area contributed by atoms with Gasteiger partial charge in [0.1, 0.15) is 0 Å². The number of hydrogen-bond acceptors (Lipinski definition) is 3. The molecule has 0 radical (unpaired) electrons. The minimum Gasteiger partial charge on any atom is -0.354 e. The lowest BCUT2D eigenvalue weighted by molar-refractivity contribution is -0.134. The van der Waals surface area contributed by atoms with Gasteiger partial charge in [-0.1, -0.05) is 29.8 Å². The molecule has 0 aliphatic carbocycles. The average molecular weight is 357 g/mol. The molecule has 0 saturated carbocycles. The van der Waals surface area contributed by atoms with Gasteiger partial charge in [-0.2, -0.15) is 0 Å². The summed E-state index contributed by atoms with van der Waals surface area (Å²) in [5.74, 6) is 0.539. The smallest absolute Gasteiger partial charge is 0.237 e. The predicted octanol–water partition coefficient (Wildman–Crippen LogP) is 2.21. The van der Waals surface area contributed by atoms with E-state index in [1.807, 2.05) is 24.0 Å². The number of rotatable bonds is 5. The Bertz CT molecular complexity index is 640. The standard InChI is InChI=1S/C21H31N3O2/c1-15-6-3-8-18(12-15)16(2)21(26)24-11-5-7-17(14-24)13-23-20(25)19-9-4-10-22-19/h3,6,8,12,16-17,19,22H,4-5,7,9-11,13-14H2,1-2H3,(H,23,25). The first-order valence-electron chi connectivity index (χ1n) is 9.91. The van der Waals surface area contributed by atoms with Crippen LogP contribution >= 0.6 is 0 Å². The lowest BCUT2D eigenvalue weighted by atomic mass is 9.94.